The lowest BCUT2D eigenvalue weighted by atomic mass is 10.2. The van der Waals surface area contributed by atoms with E-state index in [0.29, 0.717) is 6.04 Å². The molecule has 1 aliphatic rings. The number of pyridine rings is 1. The smallest absolute Gasteiger partial charge is 0.0372 e. The summed E-state index contributed by atoms with van der Waals surface area (Å²) in [6.07, 6.45) is 6.07. The fourth-order valence-electron chi connectivity index (χ4n) is 2.43. The Morgan fingerprint density at radius 1 is 1.41 bits per heavy atom. The maximum absolute atomic E-state index is 4.33. The van der Waals surface area contributed by atoms with Gasteiger partial charge in [0.05, 0.1) is 0 Å². The van der Waals surface area contributed by atoms with Gasteiger partial charge in [0, 0.05) is 29.7 Å². The van der Waals surface area contributed by atoms with Gasteiger partial charge >= 0.3 is 0 Å². The summed E-state index contributed by atoms with van der Waals surface area (Å²) >= 11 is 2.11. The summed E-state index contributed by atoms with van der Waals surface area (Å²) in [7, 11) is 0. The van der Waals surface area contributed by atoms with Crippen molar-refractivity contribution >= 4 is 11.8 Å². The molecule has 17 heavy (non-hydrogen) atoms. The van der Waals surface area contributed by atoms with E-state index < -0.39 is 0 Å². The summed E-state index contributed by atoms with van der Waals surface area (Å²) in [5.41, 5.74) is 2.39. The predicted octanol–water partition coefficient (Wildman–Crippen LogP) is 3.15. The van der Waals surface area contributed by atoms with E-state index in [1.165, 1.54) is 30.6 Å². The molecule has 2 atom stereocenters. The first-order valence-corrected chi connectivity index (χ1v) is 7.61. The van der Waals surface area contributed by atoms with Crippen LogP contribution in [0.3, 0.4) is 0 Å². The van der Waals surface area contributed by atoms with E-state index in [1.54, 1.807) is 0 Å². The molecule has 0 aliphatic heterocycles. The average molecular weight is 250 g/mol. The second-order valence-corrected chi connectivity index (χ2v) is 6.24. The minimum absolute atomic E-state index is 0.696. The minimum Gasteiger partial charge on any atom is -0.309 e. The molecule has 1 heterocycles. The quantitative estimate of drug-likeness (QED) is 0.869. The molecule has 2 nitrogen and oxygen atoms in total. The summed E-state index contributed by atoms with van der Waals surface area (Å²) in [4.78, 5) is 4.33. The molecule has 2 unspecified atom stereocenters. The molecule has 0 radical (unpaired) electrons. The number of hydrogen-bond acceptors (Lipinski definition) is 3. The minimum atomic E-state index is 0.696. The Kier molecular flexibility index (Phi) is 4.86. The third-order valence-electron chi connectivity index (χ3n) is 3.37. The molecule has 0 amide bonds. The Morgan fingerprint density at radius 3 is 3.00 bits per heavy atom. The van der Waals surface area contributed by atoms with Crippen LogP contribution in [-0.4, -0.2) is 22.0 Å². The number of rotatable bonds is 5. The van der Waals surface area contributed by atoms with Gasteiger partial charge in [-0.2, -0.15) is 11.8 Å². The maximum Gasteiger partial charge on any atom is 0.0372 e. The lowest BCUT2D eigenvalue weighted by molar-refractivity contribution is 0.531. The van der Waals surface area contributed by atoms with E-state index in [-0.39, 0.29) is 0 Å². The molecule has 0 bridgehead atoms. The van der Waals surface area contributed by atoms with E-state index in [4.69, 9.17) is 0 Å². The van der Waals surface area contributed by atoms with Crippen molar-refractivity contribution in [3.63, 3.8) is 0 Å². The number of nitrogens with zero attached hydrogens (tertiary/aromatic N) is 1. The Hall–Kier alpha value is -0.540. The zero-order valence-corrected chi connectivity index (χ0v) is 11.6. The highest BCUT2D eigenvalue weighted by Gasteiger charge is 2.26. The van der Waals surface area contributed by atoms with Crippen LogP contribution >= 0.6 is 11.8 Å². The van der Waals surface area contributed by atoms with Gasteiger partial charge in [0.1, 0.15) is 0 Å². The van der Waals surface area contributed by atoms with Gasteiger partial charge in [-0.3, -0.25) is 4.98 Å². The molecule has 1 aromatic heterocycles. The van der Waals surface area contributed by atoms with Crippen molar-refractivity contribution in [2.24, 2.45) is 0 Å². The van der Waals surface area contributed by atoms with E-state index >= 15 is 0 Å². The van der Waals surface area contributed by atoms with Crippen LogP contribution in [0.4, 0.5) is 0 Å². The lowest BCUT2D eigenvalue weighted by Crippen LogP contribution is -2.33. The number of hydrogen-bond donors (Lipinski definition) is 1. The zero-order chi connectivity index (χ0) is 12.1. The van der Waals surface area contributed by atoms with E-state index in [2.05, 4.69) is 41.1 Å². The first-order chi connectivity index (χ1) is 8.29. The van der Waals surface area contributed by atoms with Gasteiger partial charge in [-0.25, -0.2) is 0 Å². The van der Waals surface area contributed by atoms with E-state index in [1.807, 2.05) is 13.1 Å². The lowest BCUT2D eigenvalue weighted by Gasteiger charge is -2.20. The SMILES string of the molecule is CCSC1CCCC1NCc1ccc(C)nc1. The Bertz CT molecular complexity index is 337. The summed E-state index contributed by atoms with van der Waals surface area (Å²) in [6.45, 7) is 5.24. The third-order valence-corrected chi connectivity index (χ3v) is 4.70. The standard InChI is InChI=1S/C14H22N2S/c1-3-17-14-6-4-5-13(14)16-10-12-8-7-11(2)15-9-12/h7-9,13-14,16H,3-6,10H2,1-2H3. The highest BCUT2D eigenvalue weighted by molar-refractivity contribution is 7.99. The molecule has 1 N–H and O–H groups in total. The van der Waals surface area contributed by atoms with Gasteiger partial charge in [0.15, 0.2) is 0 Å². The van der Waals surface area contributed by atoms with Crippen LogP contribution < -0.4 is 5.32 Å². The van der Waals surface area contributed by atoms with Gasteiger partial charge < -0.3 is 5.32 Å². The average Bonchev–Trinajstić information content (AvgIpc) is 2.77. The summed E-state index contributed by atoms with van der Waals surface area (Å²) in [5, 5.41) is 4.51. The van der Waals surface area contributed by atoms with Gasteiger partial charge in [-0.1, -0.05) is 19.4 Å². The first kappa shape index (κ1) is 12.9. The Morgan fingerprint density at radius 2 is 2.29 bits per heavy atom. The van der Waals surface area contributed by atoms with Crippen molar-refractivity contribution in [1.29, 1.82) is 0 Å². The molecule has 2 rings (SSSR count). The Labute approximate surface area is 109 Å². The topological polar surface area (TPSA) is 24.9 Å². The maximum atomic E-state index is 4.33. The summed E-state index contributed by atoms with van der Waals surface area (Å²) in [5.74, 6) is 1.23. The molecule has 0 saturated heterocycles. The zero-order valence-electron chi connectivity index (χ0n) is 10.8. The molecule has 1 saturated carbocycles. The monoisotopic (exact) mass is 250 g/mol. The second-order valence-electron chi connectivity index (χ2n) is 4.72. The molecule has 3 heteroatoms. The van der Waals surface area contributed by atoms with Gasteiger partial charge in [-0.05, 0) is 37.1 Å². The van der Waals surface area contributed by atoms with Gasteiger partial charge in [0.25, 0.3) is 0 Å². The highest BCUT2D eigenvalue weighted by Crippen LogP contribution is 2.29. The van der Waals surface area contributed by atoms with Crippen LogP contribution in [0.25, 0.3) is 0 Å². The third kappa shape index (κ3) is 3.71. The largest absolute Gasteiger partial charge is 0.309 e. The molecular weight excluding hydrogens is 228 g/mol. The molecular formula is C14H22N2S. The molecule has 1 aromatic rings. The summed E-state index contributed by atoms with van der Waals surface area (Å²) < 4.78 is 0. The van der Waals surface area contributed by atoms with Crippen LogP contribution in [-0.2, 0) is 6.54 Å². The number of nitrogens with one attached hydrogen (secondary N) is 1. The normalized spacial score (nSPS) is 24.1. The molecule has 94 valence electrons. The van der Waals surface area contributed by atoms with Crippen molar-refractivity contribution in [3.05, 3.63) is 29.6 Å². The highest BCUT2D eigenvalue weighted by atomic mass is 32.2. The summed E-state index contributed by atoms with van der Waals surface area (Å²) in [6, 6.07) is 4.96. The van der Waals surface area contributed by atoms with Crippen LogP contribution in [0.5, 0.6) is 0 Å². The first-order valence-electron chi connectivity index (χ1n) is 6.56. The molecule has 1 fully saturated rings. The predicted molar refractivity (Wildman–Crippen MR) is 75.4 cm³/mol. The van der Waals surface area contributed by atoms with Crippen molar-refractivity contribution in [2.45, 2.75) is 50.9 Å². The van der Waals surface area contributed by atoms with E-state index in [9.17, 15) is 0 Å². The number of aromatic nitrogens is 1. The molecule has 0 aromatic carbocycles. The second kappa shape index (κ2) is 6.41. The molecule has 1 aliphatic carbocycles. The van der Waals surface area contributed by atoms with Gasteiger partial charge in [-0.15, -0.1) is 0 Å². The Balaban J connectivity index is 1.83. The fraction of sp³-hybridized carbons (Fsp3) is 0.643. The van der Waals surface area contributed by atoms with Crippen molar-refractivity contribution in [2.75, 3.05) is 5.75 Å². The van der Waals surface area contributed by atoms with Crippen molar-refractivity contribution < 1.29 is 0 Å². The van der Waals surface area contributed by atoms with Crippen LogP contribution in [0.15, 0.2) is 18.3 Å². The van der Waals surface area contributed by atoms with E-state index in [0.717, 1.165) is 17.5 Å². The number of thioether (sulfide) groups is 1. The van der Waals surface area contributed by atoms with Crippen LogP contribution in [0.1, 0.15) is 37.4 Å². The van der Waals surface area contributed by atoms with Gasteiger partial charge in [0.2, 0.25) is 0 Å². The van der Waals surface area contributed by atoms with Crippen molar-refractivity contribution in [3.8, 4) is 0 Å². The van der Waals surface area contributed by atoms with Crippen molar-refractivity contribution in [1.82, 2.24) is 10.3 Å². The number of aryl methyl sites for hydroxylation is 1. The van der Waals surface area contributed by atoms with Crippen LogP contribution in [0.2, 0.25) is 0 Å². The fourth-order valence-corrected chi connectivity index (χ4v) is 3.65. The van der Waals surface area contributed by atoms with Crippen LogP contribution in [0, 0.1) is 6.92 Å². The molecule has 0 spiro atoms.